The van der Waals surface area contributed by atoms with Gasteiger partial charge in [0.05, 0.1) is 12.6 Å². The molecule has 0 aliphatic carbocycles. The van der Waals surface area contributed by atoms with Gasteiger partial charge in [-0.3, -0.25) is 0 Å². The first-order valence-corrected chi connectivity index (χ1v) is 5.57. The van der Waals surface area contributed by atoms with Gasteiger partial charge in [-0.2, -0.15) is 0 Å². The highest BCUT2D eigenvalue weighted by Gasteiger charge is 2.54. The molecule has 0 aromatic heterocycles. The third-order valence-corrected chi connectivity index (χ3v) is 2.86. The third kappa shape index (κ3) is 2.37. The molecule has 0 radical (unpaired) electrons. The number of aliphatic hydroxyl groups is 1. The lowest BCUT2D eigenvalue weighted by molar-refractivity contribution is -0.210. The molecule has 2 aliphatic heterocycles. The van der Waals surface area contributed by atoms with Crippen molar-refractivity contribution < 1.29 is 24.1 Å². The molecule has 2 rings (SSSR count). The minimum absolute atomic E-state index is 0.200. The number of carbonyl (C=O) groups is 1. The molecule has 4 atom stereocenters. The van der Waals surface area contributed by atoms with Crippen LogP contribution in [-0.4, -0.2) is 55.1 Å². The van der Waals surface area contributed by atoms with E-state index in [1.54, 1.807) is 13.8 Å². The number of urea groups is 1. The zero-order chi connectivity index (χ0) is 12.6. The Balaban J connectivity index is 2.08. The van der Waals surface area contributed by atoms with Crippen LogP contribution in [0, 0.1) is 0 Å². The summed E-state index contributed by atoms with van der Waals surface area (Å²) in [6.07, 6.45) is -1.47. The molecule has 2 aliphatic rings. The van der Waals surface area contributed by atoms with Crippen molar-refractivity contribution in [3.8, 4) is 0 Å². The monoisotopic (exact) mass is 246 g/mol. The van der Waals surface area contributed by atoms with Gasteiger partial charge in [0.2, 0.25) is 0 Å². The molecule has 98 valence electrons. The van der Waals surface area contributed by atoms with E-state index in [0.29, 0.717) is 0 Å². The lowest BCUT2D eigenvalue weighted by Crippen LogP contribution is -2.51. The van der Waals surface area contributed by atoms with Gasteiger partial charge in [-0.1, -0.05) is 0 Å². The fourth-order valence-corrected chi connectivity index (χ4v) is 2.13. The maximum Gasteiger partial charge on any atom is 0.314 e. The molecule has 2 heterocycles. The molecule has 17 heavy (non-hydrogen) atoms. The summed E-state index contributed by atoms with van der Waals surface area (Å²) in [4.78, 5) is 11.3. The molecule has 2 amide bonds. The highest BCUT2D eigenvalue weighted by molar-refractivity contribution is 5.74. The van der Waals surface area contributed by atoms with Gasteiger partial charge in [0.1, 0.15) is 12.2 Å². The Hall–Kier alpha value is -0.890. The number of aliphatic hydroxyl groups excluding tert-OH is 1. The summed E-state index contributed by atoms with van der Waals surface area (Å²) in [7, 11) is 1.52. The van der Waals surface area contributed by atoms with Crippen molar-refractivity contribution in [3.05, 3.63) is 0 Å². The summed E-state index contributed by atoms with van der Waals surface area (Å²) in [6, 6.07) is -0.766. The van der Waals surface area contributed by atoms with Crippen LogP contribution in [0.4, 0.5) is 4.79 Å². The van der Waals surface area contributed by atoms with Crippen LogP contribution in [0.3, 0.4) is 0 Å². The highest BCUT2D eigenvalue weighted by atomic mass is 16.8. The van der Waals surface area contributed by atoms with Crippen LogP contribution in [0.2, 0.25) is 0 Å². The number of rotatable bonds is 2. The standard InChI is InChI=1S/C10H18N2O5/c1-10(2)16-7-6(12-9(14)11-3)5(4-13)15-8(7)17-10/h5-8,13H,4H2,1-3H3,(H2,11,12,14)/t5-,6-,7-,8-/m1/s1. The van der Waals surface area contributed by atoms with Gasteiger partial charge < -0.3 is 30.0 Å². The van der Waals surface area contributed by atoms with Crippen molar-refractivity contribution in [1.82, 2.24) is 10.6 Å². The molecule has 0 saturated carbocycles. The molecule has 0 aromatic rings. The zero-order valence-corrected chi connectivity index (χ0v) is 10.1. The highest BCUT2D eigenvalue weighted by Crippen LogP contribution is 2.37. The second-order valence-corrected chi connectivity index (χ2v) is 4.57. The number of ether oxygens (including phenoxy) is 3. The summed E-state index contributed by atoms with van der Waals surface area (Å²) in [5, 5.41) is 14.4. The third-order valence-electron chi connectivity index (χ3n) is 2.86. The SMILES string of the molecule is CNC(=O)N[C@H]1[C@H]2OC(C)(C)O[C@H]2O[C@@H]1CO. The Morgan fingerprint density at radius 1 is 1.41 bits per heavy atom. The second kappa shape index (κ2) is 4.41. The van der Waals surface area contributed by atoms with E-state index in [1.807, 2.05) is 0 Å². The molecule has 0 unspecified atom stereocenters. The Bertz CT molecular complexity index is 309. The Morgan fingerprint density at radius 2 is 2.12 bits per heavy atom. The predicted molar refractivity (Wildman–Crippen MR) is 57.2 cm³/mol. The maximum atomic E-state index is 11.3. The Labute approximate surface area is 99.4 Å². The number of amides is 2. The van der Waals surface area contributed by atoms with E-state index < -0.39 is 30.3 Å². The van der Waals surface area contributed by atoms with Crippen LogP contribution in [0.25, 0.3) is 0 Å². The van der Waals surface area contributed by atoms with E-state index in [0.717, 1.165) is 0 Å². The first-order valence-electron chi connectivity index (χ1n) is 5.57. The average Bonchev–Trinajstić information content (AvgIpc) is 2.72. The smallest absolute Gasteiger partial charge is 0.314 e. The molecule has 7 nitrogen and oxygen atoms in total. The quantitative estimate of drug-likeness (QED) is 0.591. The van der Waals surface area contributed by atoms with Crippen LogP contribution in [0.15, 0.2) is 0 Å². The normalized spacial score (nSPS) is 38.8. The zero-order valence-electron chi connectivity index (χ0n) is 10.1. The number of fused-ring (bicyclic) bond motifs is 1. The minimum Gasteiger partial charge on any atom is -0.394 e. The lowest BCUT2D eigenvalue weighted by atomic mass is 10.1. The molecule has 0 aromatic carbocycles. The van der Waals surface area contributed by atoms with E-state index in [2.05, 4.69) is 10.6 Å². The van der Waals surface area contributed by atoms with Crippen molar-refractivity contribution >= 4 is 6.03 Å². The largest absolute Gasteiger partial charge is 0.394 e. The summed E-state index contributed by atoms with van der Waals surface area (Å²) in [5.74, 6) is -0.738. The Kier molecular flexibility index (Phi) is 3.26. The van der Waals surface area contributed by atoms with Gasteiger partial charge >= 0.3 is 6.03 Å². The van der Waals surface area contributed by atoms with Crippen molar-refractivity contribution in [2.45, 2.75) is 44.2 Å². The van der Waals surface area contributed by atoms with Crippen molar-refractivity contribution in [3.63, 3.8) is 0 Å². The fourth-order valence-electron chi connectivity index (χ4n) is 2.13. The van der Waals surface area contributed by atoms with Gasteiger partial charge in [0.15, 0.2) is 12.1 Å². The van der Waals surface area contributed by atoms with E-state index in [-0.39, 0.29) is 12.6 Å². The van der Waals surface area contributed by atoms with Crippen molar-refractivity contribution in [1.29, 1.82) is 0 Å². The maximum absolute atomic E-state index is 11.3. The van der Waals surface area contributed by atoms with Gasteiger partial charge in [0.25, 0.3) is 0 Å². The average molecular weight is 246 g/mol. The topological polar surface area (TPSA) is 89.1 Å². The van der Waals surface area contributed by atoms with Crippen molar-refractivity contribution in [2.24, 2.45) is 0 Å². The molecule has 2 saturated heterocycles. The summed E-state index contributed by atoms with van der Waals surface area (Å²) < 4.78 is 16.7. The number of carbonyl (C=O) groups excluding carboxylic acids is 1. The molecule has 0 bridgehead atoms. The Morgan fingerprint density at radius 3 is 2.71 bits per heavy atom. The molecule has 3 N–H and O–H groups in total. The van der Waals surface area contributed by atoms with E-state index in [1.165, 1.54) is 7.05 Å². The lowest BCUT2D eigenvalue weighted by Gasteiger charge is -2.25. The van der Waals surface area contributed by atoms with Crippen molar-refractivity contribution in [2.75, 3.05) is 13.7 Å². The fraction of sp³-hybridized carbons (Fsp3) is 0.900. The number of nitrogens with one attached hydrogen (secondary N) is 2. The van der Waals surface area contributed by atoms with E-state index in [4.69, 9.17) is 14.2 Å². The molecular formula is C10H18N2O5. The van der Waals surface area contributed by atoms with E-state index >= 15 is 0 Å². The molecule has 2 fully saturated rings. The van der Waals surface area contributed by atoms with Gasteiger partial charge in [-0.15, -0.1) is 0 Å². The first-order chi connectivity index (χ1) is 7.96. The summed E-state index contributed by atoms with van der Waals surface area (Å²) in [5.41, 5.74) is 0. The van der Waals surface area contributed by atoms with E-state index in [9.17, 15) is 9.90 Å². The molecular weight excluding hydrogens is 228 g/mol. The minimum atomic E-state index is -0.738. The second-order valence-electron chi connectivity index (χ2n) is 4.57. The molecule has 7 heteroatoms. The predicted octanol–water partition coefficient (Wildman–Crippen LogP) is -0.847. The van der Waals surface area contributed by atoms with Crippen LogP contribution in [-0.2, 0) is 14.2 Å². The molecule has 0 spiro atoms. The van der Waals surface area contributed by atoms with Gasteiger partial charge in [0, 0.05) is 7.05 Å². The van der Waals surface area contributed by atoms with Crippen LogP contribution in [0.5, 0.6) is 0 Å². The number of hydrogen-bond donors (Lipinski definition) is 3. The van der Waals surface area contributed by atoms with Crippen LogP contribution in [0.1, 0.15) is 13.8 Å². The summed E-state index contributed by atoms with van der Waals surface area (Å²) >= 11 is 0. The van der Waals surface area contributed by atoms with Crippen LogP contribution < -0.4 is 10.6 Å². The first kappa shape index (κ1) is 12.6. The van der Waals surface area contributed by atoms with Gasteiger partial charge in [-0.05, 0) is 13.8 Å². The number of hydrogen-bond acceptors (Lipinski definition) is 5. The summed E-state index contributed by atoms with van der Waals surface area (Å²) in [6.45, 7) is 3.36. The van der Waals surface area contributed by atoms with Crippen LogP contribution >= 0.6 is 0 Å². The van der Waals surface area contributed by atoms with Gasteiger partial charge in [-0.25, -0.2) is 4.79 Å².